The second-order valence-corrected chi connectivity index (χ2v) is 11.4. The molecule has 0 bridgehead atoms. The van der Waals surface area contributed by atoms with E-state index in [9.17, 15) is 19.2 Å². The van der Waals surface area contributed by atoms with E-state index >= 15 is 0 Å². The summed E-state index contributed by atoms with van der Waals surface area (Å²) in [5, 5.41) is 1.38. The van der Waals surface area contributed by atoms with Crippen molar-refractivity contribution in [3.05, 3.63) is 162 Å². The predicted octanol–water partition coefficient (Wildman–Crippen LogP) is 7.30. The fourth-order valence-corrected chi connectivity index (χ4v) is 6.50. The zero-order valence-corrected chi connectivity index (χ0v) is 24.9. The average molecular weight is 625 g/mol. The lowest BCUT2D eigenvalue weighted by molar-refractivity contribution is 0.488. The van der Waals surface area contributed by atoms with Gasteiger partial charge in [-0.05, 0) is 60.7 Å². The zero-order valence-electron chi connectivity index (χ0n) is 24.9. The van der Waals surface area contributed by atoms with E-state index in [2.05, 4.69) is 0 Å². The summed E-state index contributed by atoms with van der Waals surface area (Å²) in [6, 6.07) is 34.2. The predicted molar refractivity (Wildman–Crippen MR) is 188 cm³/mol. The largest absolute Gasteiger partial charge is 0.457 e. The molecule has 9 rings (SSSR count). The summed E-state index contributed by atoms with van der Waals surface area (Å²) in [5.41, 5.74) is -0.439. The van der Waals surface area contributed by atoms with Gasteiger partial charge in [-0.2, -0.15) is 0 Å². The SMILES string of the molecule is O=c1c2ccc3nc4c(ccc5c(=O)c6c(Oc7ccccc7)cccc6c(=O)c54)nc3c2c(=O)c2cccc(Oc3ccccc3)c12. The maximum Gasteiger partial charge on any atom is 0.198 e. The molecule has 0 spiro atoms. The van der Waals surface area contributed by atoms with Gasteiger partial charge in [0.1, 0.15) is 34.0 Å². The van der Waals surface area contributed by atoms with Gasteiger partial charge in [0.2, 0.25) is 0 Å². The Kier molecular flexibility index (Phi) is 5.94. The summed E-state index contributed by atoms with van der Waals surface area (Å²) in [6.07, 6.45) is 0. The summed E-state index contributed by atoms with van der Waals surface area (Å²) >= 11 is 0. The second-order valence-electron chi connectivity index (χ2n) is 11.4. The standard InChI is InChI=1S/C40H20N2O6/c43-37-25-17-19-27-35(33(25)39(45)23-13-7-15-29(31(23)37)47-21-9-3-1-4-10-21)41-28-20-18-26-34(36(28)42-27)40(46)24-14-8-16-30(32(24)38(26)44)48-22-11-5-2-6-12-22/h1-20H. The van der Waals surface area contributed by atoms with Crippen LogP contribution < -0.4 is 31.2 Å². The normalized spacial score (nSPS) is 11.7. The lowest BCUT2D eigenvalue weighted by Crippen LogP contribution is -2.15. The van der Waals surface area contributed by atoms with E-state index in [1.807, 2.05) is 36.4 Å². The van der Waals surface area contributed by atoms with Crippen molar-refractivity contribution in [2.24, 2.45) is 0 Å². The maximum absolute atomic E-state index is 14.0. The van der Waals surface area contributed by atoms with Gasteiger partial charge in [-0.25, -0.2) is 9.97 Å². The van der Waals surface area contributed by atoms with Crippen LogP contribution in [0.4, 0.5) is 0 Å². The molecule has 0 aliphatic rings. The van der Waals surface area contributed by atoms with Crippen LogP contribution in [0.5, 0.6) is 23.0 Å². The molecule has 1 heterocycles. The molecule has 0 saturated carbocycles. The molecule has 0 aliphatic heterocycles. The Hall–Kier alpha value is -6.80. The first-order chi connectivity index (χ1) is 23.5. The van der Waals surface area contributed by atoms with Crippen LogP contribution in [0.3, 0.4) is 0 Å². The monoisotopic (exact) mass is 624 g/mol. The first-order valence-electron chi connectivity index (χ1n) is 15.2. The third kappa shape index (κ3) is 4.03. The van der Waals surface area contributed by atoms with Crippen LogP contribution in [0.1, 0.15) is 0 Å². The first-order valence-corrected chi connectivity index (χ1v) is 15.2. The Morgan fingerprint density at radius 3 is 1.15 bits per heavy atom. The molecule has 8 heteroatoms. The van der Waals surface area contributed by atoms with Gasteiger partial charge in [0.25, 0.3) is 0 Å². The number of para-hydroxylation sites is 2. The molecular weight excluding hydrogens is 604 g/mol. The highest BCUT2D eigenvalue weighted by molar-refractivity contribution is 6.15. The van der Waals surface area contributed by atoms with E-state index in [-0.39, 0.29) is 87.3 Å². The third-order valence-corrected chi connectivity index (χ3v) is 8.66. The number of rotatable bonds is 4. The summed E-state index contributed by atoms with van der Waals surface area (Å²) in [5.74, 6) is 1.62. The van der Waals surface area contributed by atoms with Crippen molar-refractivity contribution >= 4 is 65.2 Å². The van der Waals surface area contributed by atoms with Gasteiger partial charge < -0.3 is 9.47 Å². The number of hydrogen-bond donors (Lipinski definition) is 0. The van der Waals surface area contributed by atoms with Crippen LogP contribution in [-0.2, 0) is 0 Å². The van der Waals surface area contributed by atoms with E-state index in [0.29, 0.717) is 22.5 Å². The summed E-state index contributed by atoms with van der Waals surface area (Å²) in [6.45, 7) is 0. The third-order valence-electron chi connectivity index (χ3n) is 8.66. The van der Waals surface area contributed by atoms with Crippen LogP contribution in [0.15, 0.2) is 141 Å². The number of benzene rings is 8. The van der Waals surface area contributed by atoms with Gasteiger partial charge in [0.05, 0.1) is 32.6 Å². The van der Waals surface area contributed by atoms with Crippen LogP contribution >= 0.6 is 0 Å². The Labute approximate surface area is 269 Å². The summed E-state index contributed by atoms with van der Waals surface area (Å²) in [7, 11) is 0. The van der Waals surface area contributed by atoms with Gasteiger partial charge in [0, 0.05) is 21.5 Å². The summed E-state index contributed by atoms with van der Waals surface area (Å²) in [4.78, 5) is 65.5. The molecular formula is C40H20N2O6. The molecule has 1 aromatic heterocycles. The van der Waals surface area contributed by atoms with E-state index in [1.54, 1.807) is 84.9 Å². The van der Waals surface area contributed by atoms with Crippen LogP contribution in [0.2, 0.25) is 0 Å². The minimum atomic E-state index is -0.388. The van der Waals surface area contributed by atoms with E-state index in [4.69, 9.17) is 19.4 Å². The van der Waals surface area contributed by atoms with Gasteiger partial charge >= 0.3 is 0 Å². The molecule has 0 amide bonds. The molecule has 9 aromatic rings. The minimum absolute atomic E-state index is 0.129. The molecule has 48 heavy (non-hydrogen) atoms. The van der Waals surface area contributed by atoms with Crippen molar-refractivity contribution in [1.82, 2.24) is 9.97 Å². The molecule has 0 radical (unpaired) electrons. The highest BCUT2D eigenvalue weighted by Gasteiger charge is 2.21. The van der Waals surface area contributed by atoms with Crippen molar-refractivity contribution < 1.29 is 9.47 Å². The van der Waals surface area contributed by atoms with E-state index < -0.39 is 0 Å². The molecule has 0 aliphatic carbocycles. The molecule has 0 fully saturated rings. The molecule has 8 aromatic carbocycles. The average Bonchev–Trinajstić information content (AvgIpc) is 3.12. The second kappa shape index (κ2) is 10.4. The Morgan fingerprint density at radius 2 is 0.729 bits per heavy atom. The van der Waals surface area contributed by atoms with Crippen molar-refractivity contribution in [2.45, 2.75) is 0 Å². The molecule has 8 nitrogen and oxygen atoms in total. The van der Waals surface area contributed by atoms with E-state index in [1.165, 1.54) is 0 Å². The first kappa shape index (κ1) is 27.5. The highest BCUT2D eigenvalue weighted by atomic mass is 16.5. The quantitative estimate of drug-likeness (QED) is 0.148. The minimum Gasteiger partial charge on any atom is -0.457 e. The number of ether oxygens (including phenoxy) is 2. The van der Waals surface area contributed by atoms with Crippen molar-refractivity contribution in [3.63, 3.8) is 0 Å². The fourth-order valence-electron chi connectivity index (χ4n) is 6.50. The van der Waals surface area contributed by atoms with Gasteiger partial charge in [-0.15, -0.1) is 0 Å². The van der Waals surface area contributed by atoms with Gasteiger partial charge in [0.15, 0.2) is 21.7 Å². The molecule has 0 N–H and O–H groups in total. The molecule has 0 saturated heterocycles. The Morgan fingerprint density at radius 1 is 0.354 bits per heavy atom. The summed E-state index contributed by atoms with van der Waals surface area (Å²) < 4.78 is 12.0. The zero-order chi connectivity index (χ0) is 32.5. The lowest BCUT2D eigenvalue weighted by atomic mass is 9.99. The molecule has 0 atom stereocenters. The molecule has 0 unspecified atom stereocenters. The molecule has 226 valence electrons. The van der Waals surface area contributed by atoms with E-state index in [0.717, 1.165) is 0 Å². The van der Waals surface area contributed by atoms with Crippen LogP contribution in [0.25, 0.3) is 65.2 Å². The Balaban J connectivity index is 1.29. The van der Waals surface area contributed by atoms with Crippen molar-refractivity contribution in [1.29, 1.82) is 0 Å². The highest BCUT2D eigenvalue weighted by Crippen LogP contribution is 2.32. The van der Waals surface area contributed by atoms with Gasteiger partial charge in [-0.3, -0.25) is 19.2 Å². The van der Waals surface area contributed by atoms with Crippen LogP contribution in [-0.4, -0.2) is 9.97 Å². The number of fused-ring (bicyclic) bond motifs is 8. The number of aromatic nitrogens is 2. The lowest BCUT2D eigenvalue weighted by Gasteiger charge is -2.11. The Bertz CT molecular complexity index is 2820. The maximum atomic E-state index is 14.0. The number of hydrogen-bond acceptors (Lipinski definition) is 8. The van der Waals surface area contributed by atoms with Crippen molar-refractivity contribution in [2.75, 3.05) is 0 Å². The van der Waals surface area contributed by atoms with Crippen LogP contribution in [0, 0.1) is 0 Å². The fraction of sp³-hybridized carbons (Fsp3) is 0. The topological polar surface area (TPSA) is 113 Å². The number of nitrogens with zero attached hydrogens (tertiary/aromatic N) is 2. The van der Waals surface area contributed by atoms with Crippen molar-refractivity contribution in [3.8, 4) is 23.0 Å². The van der Waals surface area contributed by atoms with Gasteiger partial charge in [-0.1, -0.05) is 60.7 Å². The smallest absolute Gasteiger partial charge is 0.198 e.